The summed E-state index contributed by atoms with van der Waals surface area (Å²) in [7, 11) is -9.45. The van der Waals surface area contributed by atoms with Gasteiger partial charge in [0.25, 0.3) is 0 Å². The Morgan fingerprint density at radius 1 is 0.442 bits per heavy atom. The number of fused-ring (bicyclic) bond motifs is 6. The van der Waals surface area contributed by atoms with Crippen molar-refractivity contribution in [2.75, 3.05) is 20.0 Å². The number of para-hydroxylation sites is 1. The SMILES string of the molecule is CP1(=O)c2cccc(n2)P(C)(=O)c2cccc(n2)P(C)(=O)c2cccc1n2.[C-]#Cc1ccccc1.[C-]#Cc1ccccc1.[C-]#[N+]c1ccccc1.[Ru+3]. The summed E-state index contributed by atoms with van der Waals surface area (Å²) in [6, 6.07) is 42.9. The Morgan fingerprint density at radius 3 is 0.885 bits per heavy atom. The molecular formula is C41H33N4O3P3Ru+. The maximum atomic E-state index is 13.6. The third kappa shape index (κ3) is 10.5. The average molecular weight is 824 g/mol. The van der Waals surface area contributed by atoms with Gasteiger partial charge in [-0.15, -0.1) is 35.4 Å². The van der Waals surface area contributed by atoms with Crippen LogP contribution in [0.5, 0.6) is 0 Å². The van der Waals surface area contributed by atoms with Crippen molar-refractivity contribution in [1.82, 2.24) is 15.0 Å². The Balaban J connectivity index is 0.000000236. The van der Waals surface area contributed by atoms with Crippen molar-refractivity contribution in [1.29, 1.82) is 0 Å². The molecule has 1 radical (unpaired) electrons. The summed E-state index contributed by atoms with van der Waals surface area (Å²) >= 11 is 0. The number of hydrogen-bond acceptors (Lipinski definition) is 6. The molecule has 52 heavy (non-hydrogen) atoms. The summed E-state index contributed by atoms with van der Waals surface area (Å²) in [4.78, 5) is 16.7. The van der Waals surface area contributed by atoms with Crippen molar-refractivity contribution in [3.05, 3.63) is 181 Å². The zero-order chi connectivity index (χ0) is 36.9. The predicted molar refractivity (Wildman–Crippen MR) is 209 cm³/mol. The molecule has 11 heteroatoms. The smallest absolute Gasteiger partial charge is 0.366 e. The fourth-order valence-corrected chi connectivity index (χ4v) is 9.52. The predicted octanol–water partition coefficient (Wildman–Crippen LogP) is 6.50. The molecule has 6 bridgehead atoms. The molecule has 0 saturated carbocycles. The third-order valence-electron chi connectivity index (χ3n) is 7.50. The van der Waals surface area contributed by atoms with Gasteiger partial charge in [0.15, 0.2) is 27.1 Å². The molecule has 0 spiro atoms. The Morgan fingerprint density at radius 2 is 0.692 bits per heavy atom. The normalized spacial score (nSPS) is 18.9. The molecule has 1 aliphatic heterocycles. The maximum Gasteiger partial charge on any atom is 3.00 e. The maximum absolute atomic E-state index is 13.6. The molecular weight excluding hydrogens is 790 g/mol. The largest absolute Gasteiger partial charge is 3.00 e. The van der Waals surface area contributed by atoms with Gasteiger partial charge in [-0.2, -0.15) is 0 Å². The number of aromatic nitrogens is 3. The second-order valence-corrected chi connectivity index (χ2v) is 19.6. The molecule has 3 aromatic carbocycles. The van der Waals surface area contributed by atoms with E-state index in [9.17, 15) is 13.7 Å². The van der Waals surface area contributed by atoms with Crippen molar-refractivity contribution in [3.63, 3.8) is 0 Å². The first-order valence-electron chi connectivity index (χ1n) is 15.5. The van der Waals surface area contributed by atoms with Gasteiger partial charge < -0.3 is 26.5 Å². The first-order chi connectivity index (χ1) is 24.4. The molecule has 0 amide bonds. The molecule has 6 aromatic rings. The van der Waals surface area contributed by atoms with E-state index in [2.05, 4.69) is 31.6 Å². The summed E-state index contributed by atoms with van der Waals surface area (Å²) in [5, 5.41) is 0. The van der Waals surface area contributed by atoms with Gasteiger partial charge in [-0.3, -0.25) is 11.8 Å². The summed E-state index contributed by atoms with van der Waals surface area (Å²) in [6.07, 6.45) is 13.4. The first-order valence-corrected chi connectivity index (χ1v) is 21.9. The zero-order valence-electron chi connectivity index (χ0n) is 28.6. The molecule has 4 heterocycles. The average Bonchev–Trinajstić information content (AvgIpc) is 3.19. The van der Waals surface area contributed by atoms with Gasteiger partial charge in [0.1, 0.15) is 32.6 Å². The van der Waals surface area contributed by atoms with Crippen LogP contribution in [0.3, 0.4) is 0 Å². The quantitative estimate of drug-likeness (QED) is 0.0753. The first kappa shape index (κ1) is 41.5. The second kappa shape index (κ2) is 19.0. The van der Waals surface area contributed by atoms with Gasteiger partial charge in [-0.1, -0.05) is 84.9 Å². The molecule has 0 saturated heterocycles. The van der Waals surface area contributed by atoms with E-state index < -0.39 is 21.4 Å². The number of pyridine rings is 3. The van der Waals surface area contributed by atoms with E-state index in [1.807, 2.05) is 78.9 Å². The Labute approximate surface area is 319 Å². The van der Waals surface area contributed by atoms with Gasteiger partial charge in [0.05, 0.1) is 6.57 Å². The van der Waals surface area contributed by atoms with Crippen LogP contribution in [0.1, 0.15) is 11.1 Å². The summed E-state index contributed by atoms with van der Waals surface area (Å²) < 4.78 is 40.7. The van der Waals surface area contributed by atoms with Crippen molar-refractivity contribution < 1.29 is 33.2 Å². The van der Waals surface area contributed by atoms with E-state index in [1.165, 1.54) is 0 Å². The molecule has 0 N–H and O–H groups in total. The van der Waals surface area contributed by atoms with Crippen molar-refractivity contribution in [2.24, 2.45) is 0 Å². The van der Waals surface area contributed by atoms with E-state index >= 15 is 0 Å². The Kier molecular flexibility index (Phi) is 15.2. The van der Waals surface area contributed by atoms with Crippen LogP contribution in [-0.4, -0.2) is 34.9 Å². The zero-order valence-corrected chi connectivity index (χ0v) is 33.0. The van der Waals surface area contributed by atoms with Gasteiger partial charge in [0.2, 0.25) is 0 Å². The van der Waals surface area contributed by atoms with E-state index in [4.69, 9.17) is 19.4 Å². The number of hydrogen-bond donors (Lipinski definition) is 0. The van der Waals surface area contributed by atoms with E-state index in [1.54, 1.807) is 86.7 Å². The molecule has 0 atom stereocenters. The van der Waals surface area contributed by atoms with Crippen LogP contribution >= 0.6 is 21.4 Å². The van der Waals surface area contributed by atoms with Crippen molar-refractivity contribution in [3.8, 4) is 11.8 Å². The van der Waals surface area contributed by atoms with Crippen LogP contribution in [0.2, 0.25) is 0 Å². The van der Waals surface area contributed by atoms with Crippen molar-refractivity contribution in [2.45, 2.75) is 0 Å². The molecule has 7 rings (SSSR count). The molecule has 0 aliphatic carbocycles. The van der Waals surface area contributed by atoms with Gasteiger partial charge in [-0.05, 0) is 36.4 Å². The van der Waals surface area contributed by atoms with E-state index in [0.717, 1.165) is 11.1 Å². The summed E-state index contributed by atoms with van der Waals surface area (Å²) in [6.45, 7) is 11.3. The van der Waals surface area contributed by atoms with Crippen LogP contribution < -0.4 is 32.6 Å². The minimum atomic E-state index is -3.15. The topological polar surface area (TPSA) is 94.2 Å². The van der Waals surface area contributed by atoms with Crippen molar-refractivity contribution >= 4 is 59.7 Å². The van der Waals surface area contributed by atoms with Gasteiger partial charge in [0, 0.05) is 20.0 Å². The minimum absolute atomic E-state index is 0. The number of rotatable bonds is 0. The molecule has 7 nitrogen and oxygen atoms in total. The standard InChI is InChI=1S/C18H18N3O3P3.2C8H5.C7H5N.Ru/c1-25(22)13-7-4-9-15(19-13)26(2,23)17-11-6-12-18(21-17)27(3,24)16-10-5-8-14(25)20-16;2*1-2-8-6-4-3-5-7-8;1-8-7-5-3-2-4-6-7;/h4-12H,1-3H3;2*3-7H;2-6H;/q;2*-1;;+3. The molecule has 0 unspecified atom stereocenters. The van der Waals surface area contributed by atoms with Gasteiger partial charge in [-0.25, -0.2) is 19.8 Å². The second-order valence-electron chi connectivity index (χ2n) is 11.3. The fraction of sp³-hybridized carbons (Fsp3) is 0.0732. The summed E-state index contributed by atoms with van der Waals surface area (Å²) in [5.41, 5.74) is 4.32. The molecule has 0 fully saturated rings. The Hall–Kier alpha value is -4.97. The molecule has 3 aromatic heterocycles. The van der Waals surface area contributed by atoms with Crippen LogP contribution in [0, 0.1) is 31.3 Å². The van der Waals surface area contributed by atoms with Crippen LogP contribution in [0.4, 0.5) is 5.69 Å². The molecule has 257 valence electrons. The third-order valence-corrected chi connectivity index (χ3v) is 14.2. The van der Waals surface area contributed by atoms with Crippen LogP contribution in [-0.2, 0) is 33.2 Å². The van der Waals surface area contributed by atoms with Crippen LogP contribution in [0.25, 0.3) is 4.85 Å². The van der Waals surface area contributed by atoms with Gasteiger partial charge >= 0.3 is 19.5 Å². The Bertz CT molecular complexity index is 2050. The monoisotopic (exact) mass is 824 g/mol. The summed E-state index contributed by atoms with van der Waals surface area (Å²) in [5.74, 6) is 4.55. The number of benzene rings is 3. The minimum Gasteiger partial charge on any atom is -0.366 e. The van der Waals surface area contributed by atoms with Crippen LogP contribution in [0.15, 0.2) is 146 Å². The number of nitrogens with zero attached hydrogens (tertiary/aromatic N) is 4. The van der Waals surface area contributed by atoms with E-state index in [0.29, 0.717) is 38.3 Å². The van der Waals surface area contributed by atoms with E-state index in [-0.39, 0.29) is 19.5 Å². The fourth-order valence-electron chi connectivity index (χ4n) is 4.56. The molecule has 1 aliphatic rings.